The zero-order valence-electron chi connectivity index (χ0n) is 11.6. The van der Waals surface area contributed by atoms with Gasteiger partial charge in [-0.25, -0.2) is 0 Å². The number of aromatic hydroxyl groups is 1. The number of benzene rings is 1. The highest BCUT2D eigenvalue weighted by Gasteiger charge is 2.25. The molecule has 1 aliphatic heterocycles. The van der Waals surface area contributed by atoms with E-state index in [4.69, 9.17) is 0 Å². The maximum atomic E-state index is 9.94. The second-order valence-corrected chi connectivity index (χ2v) is 5.43. The van der Waals surface area contributed by atoms with Gasteiger partial charge in [0.2, 0.25) is 0 Å². The fourth-order valence-corrected chi connectivity index (χ4v) is 2.78. The van der Waals surface area contributed by atoms with Crippen LogP contribution in [0.25, 0.3) is 0 Å². The first-order chi connectivity index (χ1) is 8.59. The molecule has 0 spiro atoms. The first-order valence-electron chi connectivity index (χ1n) is 6.78. The molecular weight excluding hydrogens is 224 g/mol. The number of phenols is 1. The van der Waals surface area contributed by atoms with E-state index in [1.807, 2.05) is 18.2 Å². The third kappa shape index (κ3) is 2.85. The van der Waals surface area contributed by atoms with Gasteiger partial charge >= 0.3 is 0 Å². The minimum absolute atomic E-state index is 0.264. The third-order valence-electron chi connectivity index (χ3n) is 4.26. The van der Waals surface area contributed by atoms with Gasteiger partial charge in [0.25, 0.3) is 0 Å². The van der Waals surface area contributed by atoms with Crippen LogP contribution in [0.4, 0.5) is 0 Å². The number of hydrogen-bond donors (Lipinski definition) is 1. The molecule has 1 unspecified atom stereocenters. The van der Waals surface area contributed by atoms with E-state index in [0.29, 0.717) is 11.8 Å². The van der Waals surface area contributed by atoms with Crippen molar-refractivity contribution in [3.05, 3.63) is 29.8 Å². The Bertz CT molecular complexity index is 386. The van der Waals surface area contributed by atoms with Crippen LogP contribution < -0.4 is 0 Å². The molecule has 3 heteroatoms. The quantitative estimate of drug-likeness (QED) is 0.890. The number of phenolic OH excluding ortho intramolecular Hbond substituents is 1. The average Bonchev–Trinajstić information content (AvgIpc) is 2.38. The molecule has 0 bridgehead atoms. The van der Waals surface area contributed by atoms with Crippen molar-refractivity contribution in [2.75, 3.05) is 27.2 Å². The molecule has 1 aromatic rings. The van der Waals surface area contributed by atoms with Crippen LogP contribution in [-0.4, -0.2) is 48.1 Å². The molecule has 1 atom stereocenters. The number of piperidine rings is 1. The molecule has 100 valence electrons. The summed E-state index contributed by atoms with van der Waals surface area (Å²) in [5.41, 5.74) is 1.03. The average molecular weight is 248 g/mol. The van der Waals surface area contributed by atoms with Gasteiger partial charge in [-0.1, -0.05) is 18.2 Å². The molecule has 1 heterocycles. The standard InChI is InChI=1S/C15H24N2O/c1-12(14-6-4-5-7-15(14)18)17(3)13-8-10-16(2)11-9-13/h4-7,12-13,18H,8-11H2,1-3H3. The summed E-state index contributed by atoms with van der Waals surface area (Å²) in [7, 11) is 4.36. The van der Waals surface area contributed by atoms with Crippen molar-refractivity contribution in [1.82, 2.24) is 9.80 Å². The molecule has 1 N–H and O–H groups in total. The van der Waals surface area contributed by atoms with E-state index in [2.05, 4.69) is 30.8 Å². The molecule has 0 aromatic heterocycles. The zero-order chi connectivity index (χ0) is 13.1. The van der Waals surface area contributed by atoms with Crippen LogP contribution in [0.15, 0.2) is 24.3 Å². The predicted octanol–water partition coefficient (Wildman–Crippen LogP) is 2.48. The molecule has 0 amide bonds. The summed E-state index contributed by atoms with van der Waals surface area (Å²) in [5.74, 6) is 0.407. The van der Waals surface area contributed by atoms with Crippen LogP contribution in [0.2, 0.25) is 0 Å². The number of rotatable bonds is 3. The molecule has 18 heavy (non-hydrogen) atoms. The fourth-order valence-electron chi connectivity index (χ4n) is 2.78. The lowest BCUT2D eigenvalue weighted by Crippen LogP contribution is -2.42. The van der Waals surface area contributed by atoms with Crippen LogP contribution in [0.1, 0.15) is 31.4 Å². The van der Waals surface area contributed by atoms with Gasteiger partial charge in [0.1, 0.15) is 5.75 Å². The molecule has 1 aliphatic rings. The van der Waals surface area contributed by atoms with Crippen LogP contribution in [0.3, 0.4) is 0 Å². The summed E-state index contributed by atoms with van der Waals surface area (Å²) >= 11 is 0. The van der Waals surface area contributed by atoms with E-state index < -0.39 is 0 Å². The monoisotopic (exact) mass is 248 g/mol. The molecule has 3 nitrogen and oxygen atoms in total. The van der Waals surface area contributed by atoms with Crippen molar-refractivity contribution < 1.29 is 5.11 Å². The first kappa shape index (κ1) is 13.4. The van der Waals surface area contributed by atoms with Gasteiger partial charge in [0, 0.05) is 17.6 Å². The van der Waals surface area contributed by atoms with Crippen molar-refractivity contribution >= 4 is 0 Å². The van der Waals surface area contributed by atoms with E-state index in [1.54, 1.807) is 6.07 Å². The molecule has 1 fully saturated rings. The summed E-state index contributed by atoms with van der Waals surface area (Å²) in [5, 5.41) is 9.94. The normalized spacial score (nSPS) is 20.2. The van der Waals surface area contributed by atoms with E-state index in [9.17, 15) is 5.11 Å². The van der Waals surface area contributed by atoms with E-state index in [-0.39, 0.29) is 6.04 Å². The number of likely N-dealkylation sites (tertiary alicyclic amines) is 1. The largest absolute Gasteiger partial charge is 0.508 e. The van der Waals surface area contributed by atoms with E-state index >= 15 is 0 Å². The Morgan fingerprint density at radius 3 is 2.50 bits per heavy atom. The van der Waals surface area contributed by atoms with Crippen molar-refractivity contribution in [2.45, 2.75) is 31.8 Å². The molecule has 0 aliphatic carbocycles. The maximum Gasteiger partial charge on any atom is 0.120 e. The Labute approximate surface area is 110 Å². The van der Waals surface area contributed by atoms with Crippen molar-refractivity contribution in [1.29, 1.82) is 0 Å². The van der Waals surface area contributed by atoms with Gasteiger partial charge in [-0.05, 0) is 53.0 Å². The Kier molecular flexibility index (Phi) is 4.25. The van der Waals surface area contributed by atoms with Gasteiger partial charge in [-0.15, -0.1) is 0 Å². The summed E-state index contributed by atoms with van der Waals surface area (Å²) in [6.45, 7) is 4.51. The molecule has 0 saturated carbocycles. The zero-order valence-corrected chi connectivity index (χ0v) is 11.6. The second-order valence-electron chi connectivity index (χ2n) is 5.43. The summed E-state index contributed by atoms with van der Waals surface area (Å²) in [4.78, 5) is 4.79. The lowest BCUT2D eigenvalue weighted by molar-refractivity contribution is 0.112. The Balaban J connectivity index is 2.05. The van der Waals surface area contributed by atoms with Crippen LogP contribution in [0, 0.1) is 0 Å². The highest BCUT2D eigenvalue weighted by atomic mass is 16.3. The minimum Gasteiger partial charge on any atom is -0.508 e. The van der Waals surface area contributed by atoms with Crippen LogP contribution in [-0.2, 0) is 0 Å². The molecule has 0 radical (unpaired) electrons. The molecule has 1 saturated heterocycles. The minimum atomic E-state index is 0.264. The SMILES string of the molecule is CC(c1ccccc1O)N(C)C1CCN(C)CC1. The Morgan fingerprint density at radius 1 is 1.28 bits per heavy atom. The molecule has 2 rings (SSSR count). The third-order valence-corrected chi connectivity index (χ3v) is 4.26. The maximum absolute atomic E-state index is 9.94. The smallest absolute Gasteiger partial charge is 0.120 e. The number of nitrogens with zero attached hydrogens (tertiary/aromatic N) is 2. The first-order valence-corrected chi connectivity index (χ1v) is 6.78. The topological polar surface area (TPSA) is 26.7 Å². The van der Waals surface area contributed by atoms with E-state index in [0.717, 1.165) is 5.56 Å². The van der Waals surface area contributed by atoms with Gasteiger partial charge < -0.3 is 10.0 Å². The van der Waals surface area contributed by atoms with Crippen molar-refractivity contribution in [3.8, 4) is 5.75 Å². The molecular formula is C15H24N2O. The van der Waals surface area contributed by atoms with Gasteiger partial charge in [0.05, 0.1) is 0 Å². The lowest BCUT2D eigenvalue weighted by Gasteiger charge is -2.38. The van der Waals surface area contributed by atoms with E-state index in [1.165, 1.54) is 25.9 Å². The fraction of sp³-hybridized carbons (Fsp3) is 0.600. The van der Waals surface area contributed by atoms with Crippen molar-refractivity contribution in [3.63, 3.8) is 0 Å². The summed E-state index contributed by atoms with van der Waals surface area (Å²) in [6.07, 6.45) is 2.43. The van der Waals surface area contributed by atoms with Gasteiger partial charge in [0.15, 0.2) is 0 Å². The number of para-hydroxylation sites is 1. The summed E-state index contributed by atoms with van der Waals surface area (Å²) < 4.78 is 0. The Morgan fingerprint density at radius 2 is 1.89 bits per heavy atom. The highest BCUT2D eigenvalue weighted by Crippen LogP contribution is 2.30. The summed E-state index contributed by atoms with van der Waals surface area (Å²) in [6, 6.07) is 8.55. The van der Waals surface area contributed by atoms with Gasteiger partial charge in [-0.3, -0.25) is 4.90 Å². The predicted molar refractivity (Wildman–Crippen MR) is 74.8 cm³/mol. The highest BCUT2D eigenvalue weighted by molar-refractivity contribution is 5.34. The number of hydrogen-bond acceptors (Lipinski definition) is 3. The van der Waals surface area contributed by atoms with Crippen molar-refractivity contribution in [2.24, 2.45) is 0 Å². The Hall–Kier alpha value is -1.06. The second kappa shape index (κ2) is 5.72. The van der Waals surface area contributed by atoms with Crippen LogP contribution >= 0.6 is 0 Å². The van der Waals surface area contributed by atoms with Crippen LogP contribution in [0.5, 0.6) is 5.75 Å². The van der Waals surface area contributed by atoms with Gasteiger partial charge in [-0.2, -0.15) is 0 Å². The molecule has 1 aromatic carbocycles. The lowest BCUT2D eigenvalue weighted by atomic mass is 9.99.